The van der Waals surface area contributed by atoms with Crippen molar-refractivity contribution in [2.75, 3.05) is 69.0 Å². The molecule has 2 aliphatic heterocycles. The summed E-state index contributed by atoms with van der Waals surface area (Å²) in [6.07, 6.45) is 4.00. The lowest BCUT2D eigenvalue weighted by Crippen LogP contribution is -2.52. The fourth-order valence-electron chi connectivity index (χ4n) is 5.35. The van der Waals surface area contributed by atoms with Crippen LogP contribution in [0.1, 0.15) is 26.7 Å². The highest BCUT2D eigenvalue weighted by Crippen LogP contribution is 2.36. The van der Waals surface area contributed by atoms with Crippen LogP contribution in [-0.2, 0) is 0 Å². The summed E-state index contributed by atoms with van der Waals surface area (Å²) in [6.45, 7) is 11.2. The van der Waals surface area contributed by atoms with Crippen LogP contribution in [0.2, 0.25) is 5.02 Å². The fourth-order valence-corrected chi connectivity index (χ4v) is 6.40. The summed E-state index contributed by atoms with van der Waals surface area (Å²) in [7, 11) is 3.91. The Morgan fingerprint density at radius 2 is 1.73 bits per heavy atom. The monoisotopic (exact) mass is 581 g/mol. The standard InChI is InChI=1S/C30H40ClN7OS/c1-21(2)40-28-8-6-5-7-26(28)33-29-24(31)20-32-30(35-29)34-25-10-9-23(19-27(25)39-4)37-13-11-22(12-14-37)38-17-15-36(3)16-18-38/h5-10,19-22H,11-18H2,1-4H3,(H2,32,33,34,35). The van der Waals surface area contributed by atoms with Gasteiger partial charge in [-0.15, -0.1) is 11.8 Å². The van der Waals surface area contributed by atoms with E-state index in [2.05, 4.69) is 74.4 Å². The van der Waals surface area contributed by atoms with Gasteiger partial charge in [0.2, 0.25) is 5.95 Å². The summed E-state index contributed by atoms with van der Waals surface area (Å²) in [5.74, 6) is 1.75. The smallest absolute Gasteiger partial charge is 0.229 e. The number of para-hydroxylation sites is 1. The molecule has 0 bridgehead atoms. The minimum Gasteiger partial charge on any atom is -0.494 e. The Morgan fingerprint density at radius 1 is 0.975 bits per heavy atom. The molecule has 0 radical (unpaired) electrons. The van der Waals surface area contributed by atoms with Crippen LogP contribution in [0.25, 0.3) is 0 Å². The maximum absolute atomic E-state index is 6.48. The average molecular weight is 582 g/mol. The van der Waals surface area contributed by atoms with Crippen LogP contribution in [0, 0.1) is 0 Å². The van der Waals surface area contributed by atoms with E-state index in [-0.39, 0.29) is 0 Å². The van der Waals surface area contributed by atoms with E-state index in [4.69, 9.17) is 16.3 Å². The molecule has 1 aromatic heterocycles. The number of aromatic nitrogens is 2. The van der Waals surface area contributed by atoms with Gasteiger partial charge in [0.25, 0.3) is 0 Å². The third-order valence-corrected chi connectivity index (χ3v) is 8.92. The van der Waals surface area contributed by atoms with Crippen molar-refractivity contribution < 1.29 is 4.74 Å². The average Bonchev–Trinajstić information content (AvgIpc) is 2.96. The molecule has 0 saturated carbocycles. The fraction of sp³-hybridized carbons (Fsp3) is 0.467. The molecule has 0 atom stereocenters. The number of ether oxygens (including phenoxy) is 1. The zero-order valence-electron chi connectivity index (χ0n) is 23.9. The normalized spacial score (nSPS) is 17.3. The predicted molar refractivity (Wildman–Crippen MR) is 168 cm³/mol. The van der Waals surface area contributed by atoms with E-state index in [9.17, 15) is 0 Å². The highest BCUT2D eigenvalue weighted by atomic mass is 35.5. The number of piperazine rings is 1. The first kappa shape index (κ1) is 28.8. The van der Waals surface area contributed by atoms with E-state index >= 15 is 0 Å². The van der Waals surface area contributed by atoms with Crippen LogP contribution in [0.15, 0.2) is 53.6 Å². The van der Waals surface area contributed by atoms with Crippen LogP contribution in [0.4, 0.5) is 28.8 Å². The van der Waals surface area contributed by atoms with Gasteiger partial charge in [0.05, 0.1) is 24.7 Å². The van der Waals surface area contributed by atoms with E-state index in [0.29, 0.717) is 28.1 Å². The van der Waals surface area contributed by atoms with Gasteiger partial charge in [-0.3, -0.25) is 4.90 Å². The number of anilines is 5. The van der Waals surface area contributed by atoms with Crippen molar-refractivity contribution in [1.29, 1.82) is 0 Å². The Balaban J connectivity index is 1.25. The molecule has 0 amide bonds. The first-order valence-electron chi connectivity index (χ1n) is 14.1. The Bertz CT molecular complexity index is 1280. The lowest BCUT2D eigenvalue weighted by molar-refractivity contribution is 0.0982. The van der Waals surface area contributed by atoms with Gasteiger partial charge in [-0.1, -0.05) is 37.6 Å². The largest absolute Gasteiger partial charge is 0.494 e. The maximum atomic E-state index is 6.48. The van der Waals surface area contributed by atoms with Gasteiger partial charge >= 0.3 is 0 Å². The predicted octanol–water partition coefficient (Wildman–Crippen LogP) is 6.34. The van der Waals surface area contributed by atoms with Crippen molar-refractivity contribution in [1.82, 2.24) is 19.8 Å². The number of thioether (sulfide) groups is 1. The first-order chi connectivity index (χ1) is 19.4. The summed E-state index contributed by atoms with van der Waals surface area (Å²) in [5.41, 5.74) is 2.95. The molecule has 2 saturated heterocycles. The van der Waals surface area contributed by atoms with E-state index < -0.39 is 0 Å². The minimum atomic E-state index is 0.444. The molecule has 0 spiro atoms. The van der Waals surface area contributed by atoms with Crippen LogP contribution in [0.5, 0.6) is 5.75 Å². The van der Waals surface area contributed by atoms with E-state index in [1.807, 2.05) is 24.3 Å². The Kier molecular flexibility index (Phi) is 9.57. The number of likely N-dealkylation sites (N-methyl/N-ethyl adjacent to an activating group) is 1. The molecule has 2 aliphatic rings. The third-order valence-electron chi connectivity index (χ3n) is 7.56. The highest BCUT2D eigenvalue weighted by molar-refractivity contribution is 8.00. The quantitative estimate of drug-likeness (QED) is 0.282. The lowest BCUT2D eigenvalue weighted by atomic mass is 10.0. The number of hydrogen-bond acceptors (Lipinski definition) is 9. The van der Waals surface area contributed by atoms with E-state index in [0.717, 1.165) is 35.1 Å². The molecule has 3 aromatic rings. The van der Waals surface area contributed by atoms with Crippen molar-refractivity contribution in [3.8, 4) is 5.75 Å². The molecule has 40 heavy (non-hydrogen) atoms. The van der Waals surface area contributed by atoms with Crippen LogP contribution in [-0.4, -0.2) is 84.5 Å². The topological polar surface area (TPSA) is 68.8 Å². The Labute approximate surface area is 247 Å². The van der Waals surface area contributed by atoms with Crippen LogP contribution in [0.3, 0.4) is 0 Å². The number of hydrogen-bond donors (Lipinski definition) is 2. The van der Waals surface area contributed by atoms with Gasteiger partial charge in [0.1, 0.15) is 10.8 Å². The van der Waals surface area contributed by atoms with Gasteiger partial charge < -0.3 is 25.2 Å². The third kappa shape index (κ3) is 7.13. The van der Waals surface area contributed by atoms with Crippen LogP contribution < -0.4 is 20.3 Å². The van der Waals surface area contributed by atoms with Gasteiger partial charge in [-0.2, -0.15) is 4.98 Å². The zero-order valence-corrected chi connectivity index (χ0v) is 25.4. The SMILES string of the molecule is COc1cc(N2CCC(N3CCN(C)CC3)CC2)ccc1Nc1ncc(Cl)c(Nc2ccccc2SC(C)C)n1. The molecule has 3 heterocycles. The van der Waals surface area contributed by atoms with Crippen molar-refractivity contribution in [2.24, 2.45) is 0 Å². The molecule has 0 aliphatic carbocycles. The maximum Gasteiger partial charge on any atom is 0.229 e. The van der Waals surface area contributed by atoms with Crippen molar-refractivity contribution in [3.63, 3.8) is 0 Å². The zero-order chi connectivity index (χ0) is 28.1. The van der Waals surface area contributed by atoms with Crippen molar-refractivity contribution in [2.45, 2.75) is 42.9 Å². The molecule has 5 rings (SSSR count). The van der Waals surface area contributed by atoms with Crippen molar-refractivity contribution in [3.05, 3.63) is 53.7 Å². The summed E-state index contributed by atoms with van der Waals surface area (Å²) < 4.78 is 5.78. The summed E-state index contributed by atoms with van der Waals surface area (Å²) in [4.78, 5) is 17.8. The second kappa shape index (κ2) is 13.3. The number of piperidine rings is 1. The molecule has 10 heteroatoms. The van der Waals surface area contributed by atoms with Gasteiger partial charge in [-0.25, -0.2) is 4.98 Å². The number of nitrogens with one attached hydrogen (secondary N) is 2. The van der Waals surface area contributed by atoms with Crippen LogP contribution >= 0.6 is 23.4 Å². The second-order valence-electron chi connectivity index (χ2n) is 10.7. The Hall–Kier alpha value is -2.72. The molecular formula is C30H40ClN7OS. The number of benzene rings is 2. The van der Waals surface area contributed by atoms with Gasteiger partial charge in [0.15, 0.2) is 5.82 Å². The molecule has 2 aromatic carbocycles. The lowest BCUT2D eigenvalue weighted by Gasteiger charge is -2.42. The number of halogens is 1. The van der Waals surface area contributed by atoms with E-state index in [1.165, 1.54) is 44.7 Å². The second-order valence-corrected chi connectivity index (χ2v) is 12.8. The summed E-state index contributed by atoms with van der Waals surface area (Å²) in [6, 6.07) is 15.2. The number of nitrogens with zero attached hydrogens (tertiary/aromatic N) is 5. The number of methoxy groups -OCH3 is 1. The highest BCUT2D eigenvalue weighted by Gasteiger charge is 2.27. The van der Waals surface area contributed by atoms with Crippen molar-refractivity contribution >= 4 is 52.2 Å². The molecular weight excluding hydrogens is 542 g/mol. The summed E-state index contributed by atoms with van der Waals surface area (Å²) >= 11 is 8.27. The Morgan fingerprint density at radius 3 is 2.45 bits per heavy atom. The van der Waals surface area contributed by atoms with Gasteiger partial charge in [0, 0.05) is 67.2 Å². The molecule has 2 fully saturated rings. The molecule has 2 N–H and O–H groups in total. The number of rotatable bonds is 9. The first-order valence-corrected chi connectivity index (χ1v) is 15.3. The molecule has 214 valence electrons. The molecule has 0 unspecified atom stereocenters. The van der Waals surface area contributed by atoms with E-state index in [1.54, 1.807) is 25.1 Å². The van der Waals surface area contributed by atoms with Gasteiger partial charge in [-0.05, 0) is 44.2 Å². The summed E-state index contributed by atoms with van der Waals surface area (Å²) in [5, 5.41) is 7.64. The minimum absolute atomic E-state index is 0.444. The molecule has 8 nitrogen and oxygen atoms in total.